The summed E-state index contributed by atoms with van der Waals surface area (Å²) >= 11 is 0. The van der Waals surface area contributed by atoms with Crippen molar-refractivity contribution in [2.45, 2.75) is 0 Å². The molecule has 17 heavy (non-hydrogen) atoms. The van der Waals surface area contributed by atoms with Crippen molar-refractivity contribution in [3.05, 3.63) is 35.6 Å². The van der Waals surface area contributed by atoms with E-state index in [1.807, 2.05) is 0 Å². The summed E-state index contributed by atoms with van der Waals surface area (Å²) in [6, 6.07) is 6.04. The van der Waals surface area contributed by atoms with Crippen molar-refractivity contribution in [1.82, 2.24) is 0 Å². The van der Waals surface area contributed by atoms with Crippen LogP contribution in [0, 0.1) is 0 Å². The van der Waals surface area contributed by atoms with Gasteiger partial charge in [-0.2, -0.15) is 0 Å². The van der Waals surface area contributed by atoms with Crippen molar-refractivity contribution in [1.29, 1.82) is 0 Å². The van der Waals surface area contributed by atoms with E-state index in [0.717, 1.165) is 0 Å². The maximum atomic E-state index is 10.4. The van der Waals surface area contributed by atoms with Crippen molar-refractivity contribution < 1.29 is 60.3 Å². The summed E-state index contributed by atoms with van der Waals surface area (Å²) in [7, 11) is 1.25. The van der Waals surface area contributed by atoms with E-state index >= 15 is 0 Å². The van der Waals surface area contributed by atoms with Gasteiger partial charge in [-0.25, -0.2) is 0 Å². The van der Waals surface area contributed by atoms with Crippen LogP contribution in [0.4, 0.5) is 0 Å². The summed E-state index contributed by atoms with van der Waals surface area (Å²) in [5, 5.41) is 19.4. The standard InChI is InChI=1S/C10H10O4.Na.2H2O/c1-14-9(10(12)13)6-7-2-4-8(11)5-3-7;;;/h2-6,11H,1H3,(H,12,13);;2*1H2/q;+1;;/p-1. The number of hydrogen-bond acceptors (Lipinski definition) is 4. The largest absolute Gasteiger partial charge is 1.00 e. The van der Waals surface area contributed by atoms with Gasteiger partial charge in [0.1, 0.15) is 17.5 Å². The SMILES string of the molecule is COC(=Cc1ccc(O)cc1)C(=O)[O-].O.O.[Na+]. The topological polar surface area (TPSA) is 133 Å². The van der Waals surface area contributed by atoms with Crippen molar-refractivity contribution in [2.24, 2.45) is 0 Å². The zero-order valence-corrected chi connectivity index (χ0v) is 11.6. The van der Waals surface area contributed by atoms with E-state index in [1.54, 1.807) is 12.1 Å². The van der Waals surface area contributed by atoms with E-state index in [-0.39, 0.29) is 52.0 Å². The third-order valence-electron chi connectivity index (χ3n) is 1.61. The third-order valence-corrected chi connectivity index (χ3v) is 1.61. The zero-order chi connectivity index (χ0) is 10.6. The number of aliphatic carboxylic acids is 1. The van der Waals surface area contributed by atoms with Crippen LogP contribution in [-0.2, 0) is 9.53 Å². The van der Waals surface area contributed by atoms with E-state index in [4.69, 9.17) is 5.11 Å². The molecule has 1 aromatic carbocycles. The average molecular weight is 252 g/mol. The Hall–Kier alpha value is -1.05. The normalized spacial score (nSPS) is 9.12. The van der Waals surface area contributed by atoms with Crippen molar-refractivity contribution in [3.63, 3.8) is 0 Å². The Bertz CT molecular complexity index is 360. The van der Waals surface area contributed by atoms with Gasteiger partial charge in [-0.05, 0) is 23.8 Å². The Morgan fingerprint density at radius 1 is 1.29 bits per heavy atom. The second-order valence-corrected chi connectivity index (χ2v) is 2.59. The maximum absolute atomic E-state index is 10.4. The number of aromatic hydroxyl groups is 1. The number of benzene rings is 1. The average Bonchev–Trinajstić information content (AvgIpc) is 2.16. The molecule has 0 aromatic heterocycles. The van der Waals surface area contributed by atoms with E-state index < -0.39 is 5.97 Å². The van der Waals surface area contributed by atoms with Gasteiger partial charge in [-0.3, -0.25) is 0 Å². The zero-order valence-electron chi connectivity index (χ0n) is 9.56. The molecule has 90 valence electrons. The van der Waals surface area contributed by atoms with E-state index in [0.29, 0.717) is 5.56 Å². The van der Waals surface area contributed by atoms with Gasteiger partial charge in [0.15, 0.2) is 0 Å². The van der Waals surface area contributed by atoms with Crippen molar-refractivity contribution in [3.8, 4) is 5.75 Å². The van der Waals surface area contributed by atoms with Gasteiger partial charge in [0.05, 0.1) is 7.11 Å². The molecular formula is C10H13NaO6. The predicted octanol–water partition coefficient (Wildman–Crippen LogP) is -4.52. The number of carboxylic acids is 1. The number of phenols is 1. The van der Waals surface area contributed by atoms with E-state index in [9.17, 15) is 9.90 Å². The van der Waals surface area contributed by atoms with Gasteiger partial charge in [0, 0.05) is 0 Å². The summed E-state index contributed by atoms with van der Waals surface area (Å²) in [5.74, 6) is -1.51. The Balaban J connectivity index is -0.000000653. The molecule has 0 aliphatic rings. The molecule has 0 aliphatic heterocycles. The van der Waals surface area contributed by atoms with Gasteiger partial charge in [-0.15, -0.1) is 0 Å². The number of phenolic OH excluding ortho intramolecular Hbond substituents is 1. The molecule has 0 amide bonds. The Labute approximate surface area is 120 Å². The van der Waals surface area contributed by atoms with Crippen LogP contribution in [0.5, 0.6) is 5.75 Å². The first kappa shape index (κ1) is 21.3. The summed E-state index contributed by atoms with van der Waals surface area (Å²) in [6.45, 7) is 0. The molecule has 0 heterocycles. The summed E-state index contributed by atoms with van der Waals surface area (Å²) < 4.78 is 4.58. The fourth-order valence-corrected chi connectivity index (χ4v) is 0.923. The molecule has 0 radical (unpaired) electrons. The van der Waals surface area contributed by atoms with E-state index in [1.165, 1.54) is 25.3 Å². The molecule has 0 saturated carbocycles. The van der Waals surface area contributed by atoms with Crippen LogP contribution in [0.1, 0.15) is 5.56 Å². The predicted molar refractivity (Wildman–Crippen MR) is 55.3 cm³/mol. The summed E-state index contributed by atoms with van der Waals surface area (Å²) in [4.78, 5) is 10.4. The van der Waals surface area contributed by atoms with Crippen molar-refractivity contribution >= 4 is 12.0 Å². The number of carbonyl (C=O) groups is 1. The molecule has 0 spiro atoms. The fourth-order valence-electron chi connectivity index (χ4n) is 0.923. The fraction of sp³-hybridized carbons (Fsp3) is 0.100. The minimum Gasteiger partial charge on any atom is -0.542 e. The molecule has 0 fully saturated rings. The smallest absolute Gasteiger partial charge is 0.542 e. The molecule has 1 aromatic rings. The van der Waals surface area contributed by atoms with Gasteiger partial charge < -0.3 is 30.7 Å². The molecule has 6 nitrogen and oxygen atoms in total. The Kier molecular flexibility index (Phi) is 12.7. The molecule has 1 rings (SSSR count). The molecule has 7 heteroatoms. The Morgan fingerprint density at radius 2 is 1.76 bits per heavy atom. The molecule has 0 atom stereocenters. The molecule has 0 aliphatic carbocycles. The number of carboxylic acid groups (broad SMARTS) is 1. The summed E-state index contributed by atoms with van der Waals surface area (Å²) in [5.41, 5.74) is 0.615. The molecule has 0 saturated heterocycles. The maximum Gasteiger partial charge on any atom is 1.00 e. The number of carbonyl (C=O) groups excluding carboxylic acids is 1. The monoisotopic (exact) mass is 252 g/mol. The van der Waals surface area contributed by atoms with Crippen LogP contribution >= 0.6 is 0 Å². The van der Waals surface area contributed by atoms with Crippen molar-refractivity contribution in [2.75, 3.05) is 7.11 Å². The first-order valence-corrected chi connectivity index (χ1v) is 3.89. The second-order valence-electron chi connectivity index (χ2n) is 2.59. The van der Waals surface area contributed by atoms with Crippen LogP contribution in [0.2, 0.25) is 0 Å². The van der Waals surface area contributed by atoms with Crippen LogP contribution < -0.4 is 34.7 Å². The molecule has 0 unspecified atom stereocenters. The van der Waals surface area contributed by atoms with E-state index in [2.05, 4.69) is 4.74 Å². The number of rotatable bonds is 3. The van der Waals surface area contributed by atoms with Crippen LogP contribution in [0.15, 0.2) is 30.0 Å². The number of hydrogen-bond donors (Lipinski definition) is 1. The summed E-state index contributed by atoms with van der Waals surface area (Å²) in [6.07, 6.45) is 1.31. The minimum absolute atomic E-state index is 0. The van der Waals surface area contributed by atoms with Gasteiger partial charge in [0.25, 0.3) is 0 Å². The first-order chi connectivity index (χ1) is 6.63. The number of ether oxygens (including phenoxy) is 1. The third kappa shape index (κ3) is 6.98. The quantitative estimate of drug-likeness (QED) is 0.329. The Morgan fingerprint density at radius 3 is 2.12 bits per heavy atom. The van der Waals surface area contributed by atoms with Gasteiger partial charge in [-0.1, -0.05) is 12.1 Å². The van der Waals surface area contributed by atoms with Gasteiger partial charge in [0.2, 0.25) is 0 Å². The number of methoxy groups -OCH3 is 1. The molecule has 0 bridgehead atoms. The molecular weight excluding hydrogens is 239 g/mol. The van der Waals surface area contributed by atoms with Crippen LogP contribution in [-0.4, -0.2) is 29.1 Å². The first-order valence-electron chi connectivity index (χ1n) is 3.89. The molecule has 5 N–H and O–H groups in total. The van der Waals surface area contributed by atoms with Gasteiger partial charge >= 0.3 is 29.6 Å². The van der Waals surface area contributed by atoms with Crippen LogP contribution in [0.25, 0.3) is 6.08 Å². The minimum atomic E-state index is -1.37. The second kappa shape index (κ2) is 10.1. The van der Waals surface area contributed by atoms with Crippen LogP contribution in [0.3, 0.4) is 0 Å².